The molecule has 0 aliphatic heterocycles. The zero-order chi connectivity index (χ0) is 31.0. The van der Waals surface area contributed by atoms with E-state index in [-0.39, 0.29) is 62.1 Å². The lowest BCUT2D eigenvalue weighted by atomic mass is 9.93. The summed E-state index contributed by atoms with van der Waals surface area (Å²) in [7, 11) is 1.27. The second-order valence-electron chi connectivity index (χ2n) is 11.7. The fraction of sp³-hybridized carbons (Fsp3) is 0.667. The Hall–Kier alpha value is -3.34. The summed E-state index contributed by atoms with van der Waals surface area (Å²) in [4.78, 5) is 49.0. The molecule has 0 saturated carbocycles. The van der Waals surface area contributed by atoms with E-state index in [2.05, 4.69) is 5.32 Å². The van der Waals surface area contributed by atoms with Crippen LogP contribution >= 0.6 is 0 Å². The van der Waals surface area contributed by atoms with Crippen molar-refractivity contribution in [2.24, 2.45) is 17.3 Å². The largest absolute Gasteiger partial charge is 0.513 e. The first-order chi connectivity index (χ1) is 19.2. The molecular weight excluding hydrogens is 534 g/mol. The van der Waals surface area contributed by atoms with E-state index in [1.165, 1.54) is 19.2 Å². The summed E-state index contributed by atoms with van der Waals surface area (Å²) < 4.78 is 31.1. The lowest BCUT2D eigenvalue weighted by molar-refractivity contribution is -0.145. The molecule has 0 amide bonds. The first kappa shape index (κ1) is 35.7. The van der Waals surface area contributed by atoms with E-state index in [0.717, 1.165) is 0 Å². The van der Waals surface area contributed by atoms with Crippen LogP contribution in [0.3, 0.4) is 0 Å². The Kier molecular flexibility index (Phi) is 15.8. The number of carbonyl (C=O) groups excluding carboxylic acids is 4. The maximum atomic E-state index is 12.4. The summed E-state index contributed by atoms with van der Waals surface area (Å²) in [6.45, 7) is 14.4. The van der Waals surface area contributed by atoms with Crippen LogP contribution in [-0.2, 0) is 35.0 Å². The summed E-state index contributed by atoms with van der Waals surface area (Å²) >= 11 is 0. The molecule has 1 N–H and O–H groups in total. The molecule has 1 atom stereocenters. The van der Waals surface area contributed by atoms with Crippen LogP contribution in [0.15, 0.2) is 18.2 Å². The highest BCUT2D eigenvalue weighted by molar-refractivity contribution is 5.76. The van der Waals surface area contributed by atoms with Gasteiger partial charge in [-0.1, -0.05) is 54.5 Å². The van der Waals surface area contributed by atoms with Crippen molar-refractivity contribution in [2.75, 3.05) is 33.5 Å². The van der Waals surface area contributed by atoms with Crippen molar-refractivity contribution >= 4 is 24.2 Å². The lowest BCUT2D eigenvalue weighted by Crippen LogP contribution is -2.41. The molecule has 0 aromatic heterocycles. The predicted molar refractivity (Wildman–Crippen MR) is 152 cm³/mol. The molecular formula is C30H47NO10. The zero-order valence-corrected chi connectivity index (χ0v) is 25.7. The number of benzene rings is 1. The van der Waals surface area contributed by atoms with Crippen molar-refractivity contribution in [1.82, 2.24) is 5.32 Å². The van der Waals surface area contributed by atoms with Gasteiger partial charge < -0.3 is 33.7 Å². The van der Waals surface area contributed by atoms with E-state index in [0.29, 0.717) is 30.2 Å². The van der Waals surface area contributed by atoms with E-state index < -0.39 is 24.3 Å². The van der Waals surface area contributed by atoms with Gasteiger partial charge in [-0.3, -0.25) is 9.59 Å². The first-order valence-corrected chi connectivity index (χ1v) is 14.0. The second-order valence-corrected chi connectivity index (χ2v) is 11.7. The molecule has 0 radical (unpaired) electrons. The molecule has 1 rings (SSSR count). The summed E-state index contributed by atoms with van der Waals surface area (Å²) in [5.41, 5.74) is 0.378. The molecule has 0 aliphatic carbocycles. The van der Waals surface area contributed by atoms with Gasteiger partial charge in [-0.15, -0.1) is 0 Å². The Labute approximate surface area is 243 Å². The molecule has 232 valence electrons. The smallest absolute Gasteiger partial charge is 0.468 e. The van der Waals surface area contributed by atoms with Crippen molar-refractivity contribution in [3.8, 4) is 11.5 Å². The molecule has 11 heteroatoms. The number of methoxy groups -OCH3 is 1. The van der Waals surface area contributed by atoms with E-state index in [1.54, 1.807) is 6.07 Å². The van der Waals surface area contributed by atoms with Gasteiger partial charge in [0.2, 0.25) is 0 Å². The fourth-order valence-electron chi connectivity index (χ4n) is 3.34. The second kappa shape index (κ2) is 18.2. The summed E-state index contributed by atoms with van der Waals surface area (Å²) in [6.07, 6.45) is -0.168. The van der Waals surface area contributed by atoms with Gasteiger partial charge in [0.1, 0.15) is 12.6 Å². The fourth-order valence-corrected chi connectivity index (χ4v) is 3.34. The van der Waals surface area contributed by atoms with Crippen LogP contribution in [0.25, 0.3) is 0 Å². The number of hydrogen-bond donors (Lipinski definition) is 1. The third-order valence-electron chi connectivity index (χ3n) is 5.58. The van der Waals surface area contributed by atoms with Gasteiger partial charge in [-0.25, -0.2) is 9.59 Å². The molecule has 1 aromatic rings. The average molecular weight is 582 g/mol. The average Bonchev–Trinajstić information content (AvgIpc) is 2.85. The van der Waals surface area contributed by atoms with Crippen molar-refractivity contribution in [3.63, 3.8) is 0 Å². The van der Waals surface area contributed by atoms with E-state index in [1.807, 2.05) is 48.5 Å². The Morgan fingerprint density at radius 1 is 0.805 bits per heavy atom. The Bertz CT molecular complexity index is 984. The molecule has 0 fully saturated rings. The topological polar surface area (TPSA) is 136 Å². The Morgan fingerprint density at radius 2 is 1.37 bits per heavy atom. The van der Waals surface area contributed by atoms with Gasteiger partial charge in [-0.2, -0.15) is 0 Å². The molecule has 0 saturated heterocycles. The van der Waals surface area contributed by atoms with Gasteiger partial charge in [0, 0.05) is 6.54 Å². The standard InChI is InChI=1S/C30H47NO10/c1-20(2)11-14-38-28(34)40-24-10-9-22(18-25(24)41-29(35)39-15-12-21(3)4)17-23(27(33)36-8)31-13-16-37-26(32)19-30(5,6)7/h9-10,18,20-21,23,31H,11-17,19H2,1-8H3/t23-/m0/s1. The van der Waals surface area contributed by atoms with Crippen LogP contribution in [0.4, 0.5) is 9.59 Å². The summed E-state index contributed by atoms with van der Waals surface area (Å²) in [6, 6.07) is 3.74. The SMILES string of the molecule is COC(=O)[C@H](Cc1ccc(OC(=O)OCCC(C)C)c(OC(=O)OCCC(C)C)c1)NCCOC(=O)CC(C)(C)C. The van der Waals surface area contributed by atoms with Crippen LogP contribution in [0.1, 0.15) is 73.3 Å². The van der Waals surface area contributed by atoms with Gasteiger partial charge in [-0.05, 0) is 54.2 Å². The van der Waals surface area contributed by atoms with Crippen LogP contribution in [0, 0.1) is 17.3 Å². The lowest BCUT2D eigenvalue weighted by Gasteiger charge is -2.19. The Balaban J connectivity index is 2.97. The van der Waals surface area contributed by atoms with Crippen LogP contribution in [0.2, 0.25) is 0 Å². The number of carbonyl (C=O) groups is 4. The highest BCUT2D eigenvalue weighted by Crippen LogP contribution is 2.30. The minimum absolute atomic E-state index is 0.0440. The summed E-state index contributed by atoms with van der Waals surface area (Å²) in [5.74, 6) is -0.302. The molecule has 11 nitrogen and oxygen atoms in total. The molecule has 41 heavy (non-hydrogen) atoms. The van der Waals surface area contributed by atoms with Gasteiger partial charge >= 0.3 is 24.2 Å². The third kappa shape index (κ3) is 16.5. The van der Waals surface area contributed by atoms with Gasteiger partial charge in [0.05, 0.1) is 26.7 Å². The minimum atomic E-state index is -0.958. The molecule has 0 heterocycles. The molecule has 0 spiro atoms. The van der Waals surface area contributed by atoms with E-state index in [9.17, 15) is 19.2 Å². The number of ether oxygens (including phenoxy) is 6. The number of rotatable bonds is 16. The van der Waals surface area contributed by atoms with Crippen LogP contribution in [0.5, 0.6) is 11.5 Å². The maximum Gasteiger partial charge on any atom is 0.513 e. The molecule has 0 aliphatic rings. The highest BCUT2D eigenvalue weighted by Gasteiger charge is 2.23. The van der Waals surface area contributed by atoms with Crippen molar-refractivity contribution in [1.29, 1.82) is 0 Å². The molecule has 1 aromatic carbocycles. The predicted octanol–water partition coefficient (Wildman–Crippen LogP) is 5.46. The molecule has 0 unspecified atom stereocenters. The summed E-state index contributed by atoms with van der Waals surface area (Å²) in [5, 5.41) is 3.03. The third-order valence-corrected chi connectivity index (χ3v) is 5.58. The normalized spacial score (nSPS) is 12.0. The zero-order valence-electron chi connectivity index (χ0n) is 25.7. The number of hydrogen-bond acceptors (Lipinski definition) is 11. The van der Waals surface area contributed by atoms with E-state index in [4.69, 9.17) is 28.4 Å². The first-order valence-electron chi connectivity index (χ1n) is 14.0. The van der Waals surface area contributed by atoms with E-state index >= 15 is 0 Å². The molecule has 0 bridgehead atoms. The van der Waals surface area contributed by atoms with Gasteiger partial charge in [0.25, 0.3) is 0 Å². The van der Waals surface area contributed by atoms with Crippen molar-refractivity contribution < 1.29 is 47.6 Å². The maximum absolute atomic E-state index is 12.4. The van der Waals surface area contributed by atoms with Crippen LogP contribution in [-0.4, -0.2) is 63.8 Å². The van der Waals surface area contributed by atoms with Crippen LogP contribution < -0.4 is 14.8 Å². The monoisotopic (exact) mass is 581 g/mol. The minimum Gasteiger partial charge on any atom is -0.468 e. The number of esters is 2. The Morgan fingerprint density at radius 3 is 1.88 bits per heavy atom. The highest BCUT2D eigenvalue weighted by atomic mass is 16.7. The quantitative estimate of drug-likeness (QED) is 0.115. The number of nitrogens with one attached hydrogen (secondary N) is 1. The van der Waals surface area contributed by atoms with Crippen molar-refractivity contribution in [3.05, 3.63) is 23.8 Å². The van der Waals surface area contributed by atoms with Crippen molar-refractivity contribution in [2.45, 2.75) is 80.2 Å². The van der Waals surface area contributed by atoms with Gasteiger partial charge in [0.15, 0.2) is 11.5 Å².